The molecule has 186 valence electrons. The van der Waals surface area contributed by atoms with E-state index in [0.717, 1.165) is 54.9 Å². The van der Waals surface area contributed by atoms with E-state index in [1.807, 2.05) is 48.7 Å². The summed E-state index contributed by atoms with van der Waals surface area (Å²) in [6.45, 7) is 10.6. The molecule has 0 bridgehead atoms. The van der Waals surface area contributed by atoms with Gasteiger partial charge in [0, 0.05) is 54.5 Å². The predicted octanol–water partition coefficient (Wildman–Crippen LogP) is 4.51. The molecule has 1 fully saturated rings. The lowest BCUT2D eigenvalue weighted by molar-refractivity contribution is -0.111. The van der Waals surface area contributed by atoms with Crippen molar-refractivity contribution >= 4 is 39.8 Å². The zero-order valence-corrected chi connectivity index (χ0v) is 20.7. The number of para-hydroxylation sites is 1. The van der Waals surface area contributed by atoms with Crippen molar-refractivity contribution in [3.05, 3.63) is 73.1 Å². The Labute approximate surface area is 215 Å². The SMILES string of the molecule is C=CC(=O)Nc1cc(N2CCN(CC)CC2)ccc1Nc1ncc(C#N)c(-c2c[nH]c3ccccc23)n1. The molecule has 1 amide bonds. The lowest BCUT2D eigenvalue weighted by Crippen LogP contribution is -2.46. The third-order valence-electron chi connectivity index (χ3n) is 6.63. The first-order valence-electron chi connectivity index (χ1n) is 12.2. The molecule has 1 aliphatic heterocycles. The van der Waals surface area contributed by atoms with Crippen molar-refractivity contribution in [2.45, 2.75) is 6.92 Å². The van der Waals surface area contributed by atoms with Crippen LogP contribution < -0.4 is 15.5 Å². The second kappa shape index (κ2) is 10.5. The summed E-state index contributed by atoms with van der Waals surface area (Å²) in [5, 5.41) is 16.8. The molecule has 9 nitrogen and oxygen atoms in total. The molecule has 3 N–H and O–H groups in total. The average Bonchev–Trinajstić information content (AvgIpc) is 3.38. The Morgan fingerprint density at radius 2 is 2.00 bits per heavy atom. The number of likely N-dealkylation sites (N-methyl/N-ethyl adjacent to an activating group) is 1. The molecule has 0 radical (unpaired) electrons. The standard InChI is InChI=1S/C28H28N8O/c1-3-26(37)32-25-15-20(36-13-11-35(4-2)12-14-36)9-10-24(25)33-28-31-17-19(16-29)27(34-28)22-18-30-23-8-6-5-7-21(22)23/h3,5-10,15,17-18,30H,1,4,11-14H2,2H3,(H,32,37)(H,31,33,34). The van der Waals surface area contributed by atoms with Crippen LogP contribution in [0.1, 0.15) is 12.5 Å². The van der Waals surface area contributed by atoms with Gasteiger partial charge in [0.25, 0.3) is 0 Å². The first-order valence-corrected chi connectivity index (χ1v) is 12.2. The van der Waals surface area contributed by atoms with Gasteiger partial charge in [0.1, 0.15) is 6.07 Å². The minimum atomic E-state index is -0.309. The summed E-state index contributed by atoms with van der Waals surface area (Å²) in [6.07, 6.45) is 4.60. The summed E-state index contributed by atoms with van der Waals surface area (Å²) < 4.78 is 0. The van der Waals surface area contributed by atoms with Gasteiger partial charge in [0.2, 0.25) is 11.9 Å². The van der Waals surface area contributed by atoms with Gasteiger partial charge in [-0.1, -0.05) is 31.7 Å². The molecule has 9 heteroatoms. The van der Waals surface area contributed by atoms with Crippen LogP contribution in [0, 0.1) is 11.3 Å². The van der Waals surface area contributed by atoms with E-state index in [4.69, 9.17) is 0 Å². The van der Waals surface area contributed by atoms with Crippen molar-refractivity contribution in [2.75, 3.05) is 48.3 Å². The van der Waals surface area contributed by atoms with Crippen LogP contribution >= 0.6 is 0 Å². The molecule has 0 spiro atoms. The zero-order valence-electron chi connectivity index (χ0n) is 20.7. The molecular formula is C28H28N8O. The normalized spacial score (nSPS) is 13.8. The monoisotopic (exact) mass is 492 g/mol. The van der Waals surface area contributed by atoms with Gasteiger partial charge in [-0.05, 0) is 36.9 Å². The highest BCUT2D eigenvalue weighted by atomic mass is 16.1. The van der Waals surface area contributed by atoms with Crippen molar-refractivity contribution < 1.29 is 4.79 Å². The van der Waals surface area contributed by atoms with Crippen molar-refractivity contribution in [3.63, 3.8) is 0 Å². The molecule has 3 heterocycles. The van der Waals surface area contributed by atoms with E-state index < -0.39 is 0 Å². The highest BCUT2D eigenvalue weighted by molar-refractivity contribution is 6.02. The number of hydrogen-bond donors (Lipinski definition) is 3. The lowest BCUT2D eigenvalue weighted by Gasteiger charge is -2.35. The third-order valence-corrected chi connectivity index (χ3v) is 6.63. The summed E-state index contributed by atoms with van der Waals surface area (Å²) in [5.74, 6) is 0.00826. The first kappa shape index (κ1) is 24.0. The Bertz CT molecular complexity index is 1490. The van der Waals surface area contributed by atoms with Gasteiger partial charge in [-0.3, -0.25) is 4.79 Å². The number of anilines is 4. The number of benzene rings is 2. The van der Waals surface area contributed by atoms with Gasteiger partial charge in [-0.2, -0.15) is 5.26 Å². The third kappa shape index (κ3) is 5.01. The molecule has 0 aliphatic carbocycles. The van der Waals surface area contributed by atoms with Gasteiger partial charge in [-0.25, -0.2) is 9.97 Å². The number of carbonyl (C=O) groups is 1. The number of aromatic amines is 1. The number of aromatic nitrogens is 3. The molecule has 1 saturated heterocycles. The number of nitrogens with one attached hydrogen (secondary N) is 3. The Hall–Kier alpha value is -4.68. The van der Waals surface area contributed by atoms with E-state index >= 15 is 0 Å². The van der Waals surface area contributed by atoms with Crippen LogP contribution in [0.15, 0.2) is 67.5 Å². The molecule has 4 aromatic rings. The van der Waals surface area contributed by atoms with Gasteiger partial charge in [0.05, 0.1) is 28.8 Å². The number of rotatable bonds is 7. The van der Waals surface area contributed by atoms with Gasteiger partial charge < -0.3 is 25.4 Å². The van der Waals surface area contributed by atoms with Gasteiger partial charge >= 0.3 is 0 Å². The maximum Gasteiger partial charge on any atom is 0.247 e. The predicted molar refractivity (Wildman–Crippen MR) is 147 cm³/mol. The fraction of sp³-hybridized carbons (Fsp3) is 0.214. The minimum absolute atomic E-state index is 0.309. The topological polar surface area (TPSA) is 113 Å². The summed E-state index contributed by atoms with van der Waals surface area (Å²) in [5.41, 5.74) is 4.94. The van der Waals surface area contributed by atoms with E-state index in [1.54, 1.807) is 0 Å². The smallest absolute Gasteiger partial charge is 0.247 e. The molecule has 2 aromatic carbocycles. The Balaban J connectivity index is 1.48. The number of nitrogens with zero attached hydrogens (tertiary/aromatic N) is 5. The molecule has 5 rings (SSSR count). The number of H-pyrrole nitrogens is 1. The maximum absolute atomic E-state index is 12.2. The van der Waals surface area contributed by atoms with Crippen molar-refractivity contribution in [2.24, 2.45) is 0 Å². The van der Waals surface area contributed by atoms with E-state index in [9.17, 15) is 10.1 Å². The van der Waals surface area contributed by atoms with Crippen LogP contribution in [0.25, 0.3) is 22.2 Å². The van der Waals surface area contributed by atoms with Crippen LogP contribution in [-0.4, -0.2) is 58.5 Å². The molecule has 1 aliphatic rings. The fourth-order valence-electron chi connectivity index (χ4n) is 4.56. The molecule has 37 heavy (non-hydrogen) atoms. The van der Waals surface area contributed by atoms with Crippen molar-refractivity contribution in [1.82, 2.24) is 19.9 Å². The van der Waals surface area contributed by atoms with Crippen molar-refractivity contribution in [3.8, 4) is 17.3 Å². The number of nitriles is 1. The van der Waals surface area contributed by atoms with Crippen LogP contribution in [0.5, 0.6) is 0 Å². The lowest BCUT2D eigenvalue weighted by atomic mass is 10.1. The number of fused-ring (bicyclic) bond motifs is 1. The maximum atomic E-state index is 12.2. The van der Waals surface area contributed by atoms with E-state index in [2.05, 4.69) is 55.0 Å². The van der Waals surface area contributed by atoms with Crippen LogP contribution in [-0.2, 0) is 4.79 Å². The zero-order chi connectivity index (χ0) is 25.8. The summed E-state index contributed by atoms with van der Waals surface area (Å²) in [7, 11) is 0. The molecular weight excluding hydrogens is 464 g/mol. The second-order valence-electron chi connectivity index (χ2n) is 8.79. The quantitative estimate of drug-likeness (QED) is 0.325. The minimum Gasteiger partial charge on any atom is -0.369 e. The Kier molecular flexibility index (Phi) is 6.83. The Morgan fingerprint density at radius 1 is 1.19 bits per heavy atom. The average molecular weight is 493 g/mol. The van der Waals surface area contributed by atoms with E-state index in [1.165, 1.54) is 12.3 Å². The highest BCUT2D eigenvalue weighted by Gasteiger charge is 2.19. The largest absolute Gasteiger partial charge is 0.369 e. The first-order chi connectivity index (χ1) is 18.1. The number of carbonyl (C=O) groups excluding carboxylic acids is 1. The van der Waals surface area contributed by atoms with Crippen LogP contribution in [0.4, 0.5) is 23.0 Å². The van der Waals surface area contributed by atoms with Crippen LogP contribution in [0.2, 0.25) is 0 Å². The van der Waals surface area contributed by atoms with E-state index in [0.29, 0.717) is 28.6 Å². The fourth-order valence-corrected chi connectivity index (χ4v) is 4.56. The Morgan fingerprint density at radius 3 is 2.76 bits per heavy atom. The molecule has 0 saturated carbocycles. The number of hydrogen-bond acceptors (Lipinski definition) is 7. The number of amides is 1. The van der Waals surface area contributed by atoms with Gasteiger partial charge in [-0.15, -0.1) is 0 Å². The molecule has 0 unspecified atom stereocenters. The van der Waals surface area contributed by atoms with Gasteiger partial charge in [0.15, 0.2) is 0 Å². The van der Waals surface area contributed by atoms with Crippen molar-refractivity contribution in [1.29, 1.82) is 5.26 Å². The highest BCUT2D eigenvalue weighted by Crippen LogP contribution is 2.33. The molecule has 2 aromatic heterocycles. The van der Waals surface area contributed by atoms with E-state index in [-0.39, 0.29) is 5.91 Å². The number of piperazine rings is 1. The summed E-state index contributed by atoms with van der Waals surface area (Å²) in [4.78, 5) is 29.2. The van der Waals surface area contributed by atoms with Crippen LogP contribution in [0.3, 0.4) is 0 Å². The molecule has 0 atom stereocenters. The summed E-state index contributed by atoms with van der Waals surface area (Å²) in [6, 6.07) is 15.9. The summed E-state index contributed by atoms with van der Waals surface area (Å²) >= 11 is 0. The second-order valence-corrected chi connectivity index (χ2v) is 8.79.